The fourth-order valence-corrected chi connectivity index (χ4v) is 2.43. The van der Waals surface area contributed by atoms with Crippen LogP contribution in [0.5, 0.6) is 0 Å². The van der Waals surface area contributed by atoms with Crippen molar-refractivity contribution in [2.75, 3.05) is 5.32 Å². The van der Waals surface area contributed by atoms with Crippen LogP contribution in [-0.2, 0) is 4.79 Å². The predicted octanol–water partition coefficient (Wildman–Crippen LogP) is 3.64. The summed E-state index contributed by atoms with van der Waals surface area (Å²) in [4.78, 5) is 24.5. The molecule has 2 aromatic rings. The number of benzene rings is 1. The third-order valence-corrected chi connectivity index (χ3v) is 3.90. The van der Waals surface area contributed by atoms with Gasteiger partial charge < -0.3 is 5.32 Å². The van der Waals surface area contributed by atoms with E-state index in [-0.39, 0.29) is 11.8 Å². The molecular weight excluding hydrogens is 310 g/mol. The third kappa shape index (κ3) is 5.67. The molecule has 23 heavy (non-hydrogen) atoms. The molecule has 1 aromatic carbocycles. The minimum Gasteiger partial charge on any atom is -0.326 e. The molecular formula is C17H19N3O2S. The monoisotopic (exact) mass is 329 g/mol. The van der Waals surface area contributed by atoms with Crippen LogP contribution in [0.15, 0.2) is 46.9 Å². The minimum atomic E-state index is -0.290. The van der Waals surface area contributed by atoms with Gasteiger partial charge in [-0.25, -0.2) is 5.43 Å². The van der Waals surface area contributed by atoms with Crippen molar-refractivity contribution in [3.05, 3.63) is 52.2 Å². The molecule has 0 fully saturated rings. The van der Waals surface area contributed by atoms with Crippen LogP contribution in [0.25, 0.3) is 0 Å². The standard InChI is InChI=1S/C17H19N3O2S/c1-2-3-6-16(21)19-14-9-7-13(8-10-14)17(22)20-18-12-15-5-4-11-23-15/h4-5,7-12H,2-3,6H2,1H3,(H,19,21)(H,20,22)/b18-12+. The number of amides is 2. The molecule has 0 saturated heterocycles. The smallest absolute Gasteiger partial charge is 0.271 e. The first-order chi connectivity index (χ1) is 11.2. The Morgan fingerprint density at radius 3 is 2.65 bits per heavy atom. The zero-order chi connectivity index (χ0) is 16.5. The number of rotatable bonds is 7. The Kier molecular flexibility index (Phi) is 6.50. The lowest BCUT2D eigenvalue weighted by molar-refractivity contribution is -0.116. The van der Waals surface area contributed by atoms with Crippen molar-refractivity contribution in [1.82, 2.24) is 5.43 Å². The number of hydrogen-bond acceptors (Lipinski definition) is 4. The van der Waals surface area contributed by atoms with Crippen molar-refractivity contribution in [3.63, 3.8) is 0 Å². The molecule has 2 rings (SSSR count). The molecule has 120 valence electrons. The van der Waals surface area contributed by atoms with Crippen LogP contribution in [0, 0.1) is 0 Å². The molecule has 1 aromatic heterocycles. The van der Waals surface area contributed by atoms with Gasteiger partial charge in [0.1, 0.15) is 0 Å². The lowest BCUT2D eigenvalue weighted by Gasteiger charge is -2.05. The number of thiophene rings is 1. The summed E-state index contributed by atoms with van der Waals surface area (Å²) in [6, 6.07) is 10.6. The number of carbonyl (C=O) groups excluding carboxylic acids is 2. The van der Waals surface area contributed by atoms with E-state index in [1.165, 1.54) is 0 Å². The molecule has 2 amide bonds. The maximum absolute atomic E-state index is 11.9. The molecule has 0 unspecified atom stereocenters. The summed E-state index contributed by atoms with van der Waals surface area (Å²) >= 11 is 1.54. The topological polar surface area (TPSA) is 70.6 Å². The zero-order valence-corrected chi connectivity index (χ0v) is 13.7. The Morgan fingerprint density at radius 1 is 1.22 bits per heavy atom. The summed E-state index contributed by atoms with van der Waals surface area (Å²) in [7, 11) is 0. The highest BCUT2D eigenvalue weighted by atomic mass is 32.1. The number of unbranched alkanes of at least 4 members (excludes halogenated alkanes) is 1. The number of carbonyl (C=O) groups is 2. The fraction of sp³-hybridized carbons (Fsp3) is 0.235. The highest BCUT2D eigenvalue weighted by molar-refractivity contribution is 7.11. The molecule has 0 spiro atoms. The van der Waals surface area contributed by atoms with E-state index in [9.17, 15) is 9.59 Å². The second-order valence-corrected chi connectivity index (χ2v) is 5.92. The maximum atomic E-state index is 11.9. The van der Waals surface area contributed by atoms with E-state index in [1.807, 2.05) is 24.4 Å². The summed E-state index contributed by atoms with van der Waals surface area (Å²) in [6.45, 7) is 2.04. The summed E-state index contributed by atoms with van der Waals surface area (Å²) in [6.07, 6.45) is 3.97. The Bertz CT molecular complexity index is 664. The quantitative estimate of drug-likeness (QED) is 0.601. The largest absolute Gasteiger partial charge is 0.326 e. The minimum absolute atomic E-state index is 0.00963. The van der Waals surface area contributed by atoms with Gasteiger partial charge in [-0.1, -0.05) is 19.4 Å². The summed E-state index contributed by atoms with van der Waals surface area (Å²) < 4.78 is 0. The van der Waals surface area contributed by atoms with Crippen molar-refractivity contribution in [2.45, 2.75) is 26.2 Å². The van der Waals surface area contributed by atoms with Gasteiger partial charge >= 0.3 is 0 Å². The first-order valence-corrected chi connectivity index (χ1v) is 8.34. The van der Waals surface area contributed by atoms with Gasteiger partial charge in [0, 0.05) is 22.5 Å². The number of hydrogen-bond donors (Lipinski definition) is 2. The second kappa shape index (κ2) is 8.85. The van der Waals surface area contributed by atoms with Crippen LogP contribution in [0.1, 0.15) is 41.4 Å². The van der Waals surface area contributed by atoms with Gasteiger partial charge in [0.25, 0.3) is 5.91 Å². The highest BCUT2D eigenvalue weighted by Crippen LogP contribution is 2.11. The van der Waals surface area contributed by atoms with Gasteiger partial charge in [0.15, 0.2) is 0 Å². The van der Waals surface area contributed by atoms with E-state index in [0.717, 1.165) is 17.7 Å². The van der Waals surface area contributed by atoms with Crippen LogP contribution >= 0.6 is 11.3 Å². The van der Waals surface area contributed by atoms with Gasteiger partial charge in [-0.05, 0) is 42.1 Å². The van der Waals surface area contributed by atoms with E-state index in [4.69, 9.17) is 0 Å². The van der Waals surface area contributed by atoms with Gasteiger partial charge in [0.2, 0.25) is 5.91 Å². The van der Waals surface area contributed by atoms with E-state index in [0.29, 0.717) is 17.7 Å². The molecule has 1 heterocycles. The van der Waals surface area contributed by atoms with Gasteiger partial charge in [-0.3, -0.25) is 9.59 Å². The lowest BCUT2D eigenvalue weighted by Crippen LogP contribution is -2.17. The summed E-state index contributed by atoms with van der Waals surface area (Å²) in [5, 5.41) is 8.66. The van der Waals surface area contributed by atoms with Crippen LogP contribution in [0.2, 0.25) is 0 Å². The highest BCUT2D eigenvalue weighted by Gasteiger charge is 2.05. The van der Waals surface area contributed by atoms with Gasteiger partial charge in [0.05, 0.1) is 6.21 Å². The molecule has 5 nitrogen and oxygen atoms in total. The molecule has 6 heteroatoms. The Morgan fingerprint density at radius 2 is 2.00 bits per heavy atom. The van der Waals surface area contributed by atoms with Crippen LogP contribution < -0.4 is 10.7 Å². The van der Waals surface area contributed by atoms with Crippen molar-refractivity contribution in [1.29, 1.82) is 0 Å². The van der Waals surface area contributed by atoms with E-state index < -0.39 is 0 Å². The Balaban J connectivity index is 1.86. The zero-order valence-electron chi connectivity index (χ0n) is 12.9. The molecule has 0 saturated carbocycles. The number of hydrazone groups is 1. The van der Waals surface area contributed by atoms with Crippen molar-refractivity contribution in [2.24, 2.45) is 5.10 Å². The number of nitrogens with one attached hydrogen (secondary N) is 2. The molecule has 0 atom stereocenters. The Hall–Kier alpha value is -2.47. The molecule has 2 N–H and O–H groups in total. The average Bonchev–Trinajstić information content (AvgIpc) is 3.07. The molecule has 0 aliphatic heterocycles. The van der Waals surface area contributed by atoms with Gasteiger partial charge in [-0.15, -0.1) is 11.3 Å². The van der Waals surface area contributed by atoms with Crippen LogP contribution in [0.3, 0.4) is 0 Å². The summed E-state index contributed by atoms with van der Waals surface area (Å²) in [5.41, 5.74) is 3.65. The first kappa shape index (κ1) is 16.9. The van der Waals surface area contributed by atoms with Crippen molar-refractivity contribution in [3.8, 4) is 0 Å². The predicted molar refractivity (Wildman–Crippen MR) is 94.0 cm³/mol. The second-order valence-electron chi connectivity index (χ2n) is 4.94. The number of anilines is 1. The average molecular weight is 329 g/mol. The SMILES string of the molecule is CCCCC(=O)Nc1ccc(C(=O)N/N=C/c2cccs2)cc1. The van der Waals surface area contributed by atoms with Crippen LogP contribution in [-0.4, -0.2) is 18.0 Å². The van der Waals surface area contributed by atoms with Crippen molar-refractivity contribution < 1.29 is 9.59 Å². The van der Waals surface area contributed by atoms with Crippen LogP contribution in [0.4, 0.5) is 5.69 Å². The van der Waals surface area contributed by atoms with E-state index in [1.54, 1.807) is 41.8 Å². The molecule has 0 bridgehead atoms. The normalized spacial score (nSPS) is 10.7. The van der Waals surface area contributed by atoms with E-state index in [2.05, 4.69) is 15.8 Å². The fourth-order valence-electron chi connectivity index (χ4n) is 1.85. The molecule has 0 aliphatic carbocycles. The molecule has 0 radical (unpaired) electrons. The third-order valence-electron chi connectivity index (χ3n) is 3.09. The number of nitrogens with zero attached hydrogens (tertiary/aromatic N) is 1. The first-order valence-electron chi connectivity index (χ1n) is 7.46. The van der Waals surface area contributed by atoms with E-state index >= 15 is 0 Å². The lowest BCUT2D eigenvalue weighted by atomic mass is 10.2. The molecule has 0 aliphatic rings. The summed E-state index contributed by atoms with van der Waals surface area (Å²) in [5.74, 6) is -0.300. The van der Waals surface area contributed by atoms with Gasteiger partial charge in [-0.2, -0.15) is 5.10 Å². The van der Waals surface area contributed by atoms with Crippen molar-refractivity contribution >= 4 is 35.1 Å². The Labute approximate surface area is 139 Å². The maximum Gasteiger partial charge on any atom is 0.271 e.